The highest BCUT2D eigenvalue weighted by atomic mass is 16.7. The third-order valence-electron chi connectivity index (χ3n) is 3.15. The van der Waals surface area contributed by atoms with Gasteiger partial charge in [0.25, 0.3) is 0 Å². The molecule has 104 valence electrons. The Bertz CT molecular complexity index is 314. The summed E-state index contributed by atoms with van der Waals surface area (Å²) in [5.74, 6) is 0.852. The van der Waals surface area contributed by atoms with Gasteiger partial charge in [-0.1, -0.05) is 46.8 Å². The summed E-state index contributed by atoms with van der Waals surface area (Å²) in [6.45, 7) is 12.6. The molecule has 1 unspecified atom stereocenters. The number of benzene rings is 1. The molecule has 0 aliphatic rings. The summed E-state index contributed by atoms with van der Waals surface area (Å²) in [6.07, 6.45) is 0.923. The van der Waals surface area contributed by atoms with Crippen molar-refractivity contribution in [1.29, 1.82) is 0 Å². The van der Waals surface area contributed by atoms with Crippen LogP contribution in [0.15, 0.2) is 24.3 Å². The standard InChI is InChI=1S/C14H22O2.C2H6/c1-6-14(3,4)12-7-9-13(10-8-12)16-11(2)15-5;1-2/h7-11H,6H2,1-5H3;1-2H3. The van der Waals surface area contributed by atoms with Crippen LogP contribution < -0.4 is 4.74 Å². The Morgan fingerprint density at radius 2 is 1.61 bits per heavy atom. The second-order valence-corrected chi connectivity index (χ2v) is 4.68. The van der Waals surface area contributed by atoms with Crippen LogP contribution in [0.3, 0.4) is 0 Å². The van der Waals surface area contributed by atoms with E-state index in [2.05, 4.69) is 32.9 Å². The number of ether oxygens (including phenoxy) is 2. The predicted molar refractivity (Wildman–Crippen MR) is 78.2 cm³/mol. The van der Waals surface area contributed by atoms with Gasteiger partial charge in [0.1, 0.15) is 5.75 Å². The maximum absolute atomic E-state index is 5.54. The van der Waals surface area contributed by atoms with Gasteiger partial charge in [0.05, 0.1) is 0 Å². The summed E-state index contributed by atoms with van der Waals surface area (Å²) in [6, 6.07) is 8.26. The molecule has 1 aromatic rings. The van der Waals surface area contributed by atoms with Gasteiger partial charge in [0.2, 0.25) is 0 Å². The maximum atomic E-state index is 5.54. The first-order valence-electron chi connectivity index (χ1n) is 6.79. The molecule has 0 aliphatic heterocycles. The van der Waals surface area contributed by atoms with E-state index < -0.39 is 0 Å². The summed E-state index contributed by atoms with van der Waals surface area (Å²) < 4.78 is 10.6. The molecule has 1 atom stereocenters. The van der Waals surface area contributed by atoms with Crippen molar-refractivity contribution in [3.05, 3.63) is 29.8 Å². The van der Waals surface area contributed by atoms with Crippen LogP contribution in [-0.4, -0.2) is 13.4 Å². The van der Waals surface area contributed by atoms with Gasteiger partial charge in [0.15, 0.2) is 6.29 Å². The maximum Gasteiger partial charge on any atom is 0.196 e. The van der Waals surface area contributed by atoms with Crippen LogP contribution in [0.25, 0.3) is 0 Å². The second kappa shape index (κ2) is 8.15. The van der Waals surface area contributed by atoms with Crippen molar-refractivity contribution in [2.45, 2.75) is 59.7 Å². The van der Waals surface area contributed by atoms with Crippen molar-refractivity contribution >= 4 is 0 Å². The fourth-order valence-corrected chi connectivity index (χ4v) is 1.43. The van der Waals surface area contributed by atoms with E-state index in [-0.39, 0.29) is 11.7 Å². The molecule has 0 aliphatic carbocycles. The third-order valence-corrected chi connectivity index (χ3v) is 3.15. The fraction of sp³-hybridized carbons (Fsp3) is 0.625. The average Bonchev–Trinajstić information content (AvgIpc) is 2.41. The van der Waals surface area contributed by atoms with E-state index >= 15 is 0 Å². The quantitative estimate of drug-likeness (QED) is 0.703. The molecule has 0 aromatic heterocycles. The largest absolute Gasteiger partial charge is 0.465 e. The van der Waals surface area contributed by atoms with Crippen LogP contribution in [0.4, 0.5) is 0 Å². The lowest BCUT2D eigenvalue weighted by molar-refractivity contribution is -0.0382. The van der Waals surface area contributed by atoms with E-state index in [9.17, 15) is 0 Å². The van der Waals surface area contributed by atoms with Crippen molar-refractivity contribution in [3.8, 4) is 5.75 Å². The molecule has 0 amide bonds. The lowest BCUT2D eigenvalue weighted by Crippen LogP contribution is -2.16. The minimum atomic E-state index is -0.204. The zero-order valence-corrected chi connectivity index (χ0v) is 12.9. The normalized spacial score (nSPS) is 12.4. The smallest absolute Gasteiger partial charge is 0.196 e. The zero-order chi connectivity index (χ0) is 14.2. The van der Waals surface area contributed by atoms with Gasteiger partial charge in [-0.15, -0.1) is 0 Å². The van der Waals surface area contributed by atoms with Crippen molar-refractivity contribution in [3.63, 3.8) is 0 Å². The molecule has 0 saturated heterocycles. The Morgan fingerprint density at radius 1 is 1.11 bits per heavy atom. The van der Waals surface area contributed by atoms with E-state index in [0.29, 0.717) is 0 Å². The highest BCUT2D eigenvalue weighted by Gasteiger charge is 2.17. The van der Waals surface area contributed by atoms with Gasteiger partial charge >= 0.3 is 0 Å². The SMILES string of the molecule is CC.CCC(C)(C)c1ccc(OC(C)OC)cc1. The summed E-state index contributed by atoms with van der Waals surface area (Å²) in [5, 5.41) is 0. The number of hydrogen-bond donors (Lipinski definition) is 0. The van der Waals surface area contributed by atoms with E-state index in [4.69, 9.17) is 9.47 Å². The number of rotatable bonds is 5. The Morgan fingerprint density at radius 3 is 2.00 bits per heavy atom. The van der Waals surface area contributed by atoms with E-state index in [1.807, 2.05) is 32.9 Å². The highest BCUT2D eigenvalue weighted by molar-refractivity contribution is 5.31. The molecule has 18 heavy (non-hydrogen) atoms. The van der Waals surface area contributed by atoms with Crippen LogP contribution in [0, 0.1) is 0 Å². The van der Waals surface area contributed by atoms with Gasteiger partial charge in [0, 0.05) is 7.11 Å². The van der Waals surface area contributed by atoms with E-state index in [1.165, 1.54) is 5.56 Å². The molecule has 1 aromatic carbocycles. The van der Waals surface area contributed by atoms with Gasteiger partial charge < -0.3 is 9.47 Å². The Hall–Kier alpha value is -1.02. The minimum absolute atomic E-state index is 0.204. The summed E-state index contributed by atoms with van der Waals surface area (Å²) in [4.78, 5) is 0. The Kier molecular flexibility index (Phi) is 7.69. The first kappa shape index (κ1) is 17.0. The molecular formula is C16H28O2. The van der Waals surface area contributed by atoms with E-state index in [1.54, 1.807) is 7.11 Å². The number of methoxy groups -OCH3 is 1. The first-order chi connectivity index (χ1) is 8.49. The van der Waals surface area contributed by atoms with Crippen molar-refractivity contribution in [2.24, 2.45) is 0 Å². The zero-order valence-electron chi connectivity index (χ0n) is 12.9. The van der Waals surface area contributed by atoms with Crippen LogP contribution >= 0.6 is 0 Å². The van der Waals surface area contributed by atoms with Gasteiger partial charge in [-0.2, -0.15) is 0 Å². The monoisotopic (exact) mass is 252 g/mol. The lowest BCUT2D eigenvalue weighted by Gasteiger charge is -2.23. The van der Waals surface area contributed by atoms with Crippen LogP contribution in [0.5, 0.6) is 5.75 Å². The van der Waals surface area contributed by atoms with Crippen LogP contribution in [-0.2, 0) is 10.2 Å². The minimum Gasteiger partial charge on any atom is -0.465 e. The molecule has 0 heterocycles. The molecule has 0 saturated carbocycles. The van der Waals surface area contributed by atoms with Crippen LogP contribution in [0.1, 0.15) is 53.5 Å². The highest BCUT2D eigenvalue weighted by Crippen LogP contribution is 2.28. The summed E-state index contributed by atoms with van der Waals surface area (Å²) in [7, 11) is 1.64. The van der Waals surface area contributed by atoms with Gasteiger partial charge in [-0.05, 0) is 36.5 Å². The topological polar surface area (TPSA) is 18.5 Å². The first-order valence-corrected chi connectivity index (χ1v) is 6.79. The van der Waals surface area contributed by atoms with Crippen molar-refractivity contribution < 1.29 is 9.47 Å². The molecule has 0 N–H and O–H groups in total. The van der Waals surface area contributed by atoms with E-state index in [0.717, 1.165) is 12.2 Å². The fourth-order valence-electron chi connectivity index (χ4n) is 1.43. The molecule has 0 bridgehead atoms. The lowest BCUT2D eigenvalue weighted by atomic mass is 9.82. The number of hydrogen-bond acceptors (Lipinski definition) is 2. The Balaban J connectivity index is 0.00000137. The van der Waals surface area contributed by atoms with Gasteiger partial charge in [-0.3, -0.25) is 0 Å². The molecule has 0 spiro atoms. The predicted octanol–water partition coefficient (Wildman–Crippen LogP) is 4.77. The average molecular weight is 252 g/mol. The molecule has 0 radical (unpaired) electrons. The second-order valence-electron chi connectivity index (χ2n) is 4.68. The Labute approximate surface area is 112 Å². The van der Waals surface area contributed by atoms with Gasteiger partial charge in [-0.25, -0.2) is 0 Å². The summed E-state index contributed by atoms with van der Waals surface area (Å²) in [5.41, 5.74) is 1.57. The van der Waals surface area contributed by atoms with Crippen molar-refractivity contribution in [1.82, 2.24) is 0 Å². The molecule has 2 heteroatoms. The van der Waals surface area contributed by atoms with Crippen LogP contribution in [0.2, 0.25) is 0 Å². The molecule has 2 nitrogen and oxygen atoms in total. The van der Waals surface area contributed by atoms with Crippen molar-refractivity contribution in [2.75, 3.05) is 7.11 Å². The molecular weight excluding hydrogens is 224 g/mol. The molecule has 1 rings (SSSR count). The molecule has 0 fully saturated rings. The third kappa shape index (κ3) is 5.09. The summed E-state index contributed by atoms with van der Waals surface area (Å²) >= 11 is 0.